The van der Waals surface area contributed by atoms with Crippen LogP contribution in [0.3, 0.4) is 0 Å². The average Bonchev–Trinajstić information content (AvgIpc) is 3.19. The molecule has 2 rings (SSSR count). The highest BCUT2D eigenvalue weighted by Crippen LogP contribution is 2.22. The Labute approximate surface area is 156 Å². The number of aryl methyl sites for hydroxylation is 2. The molecule has 0 radical (unpaired) electrons. The molecule has 0 aliphatic carbocycles. The lowest BCUT2D eigenvalue weighted by molar-refractivity contribution is -0.146. The number of esters is 1. The molecule has 0 fully saturated rings. The number of rotatable bonds is 8. The molecule has 0 aliphatic heterocycles. The molecular weight excluding hydrogens is 352 g/mol. The zero-order valence-electron chi connectivity index (χ0n) is 14.8. The molecule has 0 saturated heterocycles. The van der Waals surface area contributed by atoms with Gasteiger partial charge in [-0.15, -0.1) is 11.3 Å². The Morgan fingerprint density at radius 1 is 1.04 bits per heavy atom. The fraction of sp³-hybridized carbons (Fsp3) is 0.316. The molecule has 138 valence electrons. The minimum Gasteiger partial charge on any atom is -0.454 e. The van der Waals surface area contributed by atoms with Crippen molar-refractivity contribution in [1.29, 1.82) is 0 Å². The number of thiophene rings is 1. The predicted octanol–water partition coefficient (Wildman–Crippen LogP) is 2.78. The van der Waals surface area contributed by atoms with E-state index in [0.717, 1.165) is 29.7 Å². The second kappa shape index (κ2) is 9.72. The summed E-state index contributed by atoms with van der Waals surface area (Å²) in [7, 11) is 0. The number of hydrogen-bond acceptors (Lipinski definition) is 5. The second-order valence-corrected chi connectivity index (χ2v) is 6.47. The molecule has 0 saturated carbocycles. The van der Waals surface area contributed by atoms with E-state index >= 15 is 0 Å². The number of carbonyl (C=O) groups excluding carboxylic acids is 3. The Morgan fingerprint density at radius 3 is 2.31 bits per heavy atom. The minimum absolute atomic E-state index is 0.282. The van der Waals surface area contributed by atoms with E-state index in [1.54, 1.807) is 17.5 Å². The molecule has 2 N–H and O–H groups in total. The largest absolute Gasteiger partial charge is 0.454 e. The van der Waals surface area contributed by atoms with Crippen LogP contribution in [0.1, 0.15) is 34.6 Å². The monoisotopic (exact) mass is 374 g/mol. The fourth-order valence-corrected chi connectivity index (χ4v) is 3.06. The lowest BCUT2D eigenvalue weighted by Crippen LogP contribution is -2.32. The van der Waals surface area contributed by atoms with Crippen LogP contribution in [0.15, 0.2) is 35.7 Å². The van der Waals surface area contributed by atoms with Gasteiger partial charge in [-0.05, 0) is 35.4 Å². The number of amides is 2. The predicted molar refractivity (Wildman–Crippen MR) is 101 cm³/mol. The van der Waals surface area contributed by atoms with Gasteiger partial charge in [0.25, 0.3) is 11.8 Å². The number of benzene rings is 1. The van der Waals surface area contributed by atoms with Gasteiger partial charge in [0.15, 0.2) is 6.61 Å². The lowest BCUT2D eigenvalue weighted by Gasteiger charge is -2.14. The van der Waals surface area contributed by atoms with Crippen molar-refractivity contribution in [1.82, 2.24) is 5.32 Å². The fourth-order valence-electron chi connectivity index (χ4n) is 2.42. The van der Waals surface area contributed by atoms with Crippen molar-refractivity contribution in [3.05, 3.63) is 51.7 Å². The van der Waals surface area contributed by atoms with Crippen LogP contribution in [0, 0.1) is 0 Å². The smallest absolute Gasteiger partial charge is 0.325 e. The molecule has 1 heterocycles. The van der Waals surface area contributed by atoms with Gasteiger partial charge in [-0.2, -0.15) is 0 Å². The van der Waals surface area contributed by atoms with Crippen molar-refractivity contribution < 1.29 is 19.1 Å². The Balaban J connectivity index is 1.81. The summed E-state index contributed by atoms with van der Waals surface area (Å²) < 4.78 is 4.93. The first kappa shape index (κ1) is 19.7. The van der Waals surface area contributed by atoms with Crippen molar-refractivity contribution >= 4 is 34.8 Å². The first-order chi connectivity index (χ1) is 12.5. The number of para-hydroxylation sites is 1. The van der Waals surface area contributed by atoms with E-state index < -0.39 is 18.5 Å². The van der Waals surface area contributed by atoms with Crippen molar-refractivity contribution in [3.8, 4) is 0 Å². The normalized spacial score (nSPS) is 10.2. The van der Waals surface area contributed by atoms with Gasteiger partial charge in [0.2, 0.25) is 0 Å². The van der Waals surface area contributed by atoms with Gasteiger partial charge < -0.3 is 15.4 Å². The van der Waals surface area contributed by atoms with Gasteiger partial charge in [0.1, 0.15) is 6.54 Å². The molecule has 6 nitrogen and oxygen atoms in total. The summed E-state index contributed by atoms with van der Waals surface area (Å²) >= 11 is 1.28. The third-order valence-corrected chi connectivity index (χ3v) is 4.63. The van der Waals surface area contributed by atoms with Gasteiger partial charge in [-0.25, -0.2) is 0 Å². The van der Waals surface area contributed by atoms with Gasteiger partial charge in [-0.1, -0.05) is 38.1 Å². The van der Waals surface area contributed by atoms with Crippen LogP contribution in [0.25, 0.3) is 0 Å². The number of hydrogen-bond donors (Lipinski definition) is 2. The zero-order chi connectivity index (χ0) is 18.9. The van der Waals surface area contributed by atoms with Crippen LogP contribution in [-0.4, -0.2) is 30.9 Å². The van der Waals surface area contributed by atoms with Crippen LogP contribution >= 0.6 is 11.3 Å². The van der Waals surface area contributed by atoms with Crippen LogP contribution in [0.4, 0.5) is 5.69 Å². The van der Waals surface area contributed by atoms with Crippen LogP contribution in [0.2, 0.25) is 0 Å². The van der Waals surface area contributed by atoms with Crippen molar-refractivity contribution in [2.45, 2.75) is 26.7 Å². The summed E-state index contributed by atoms with van der Waals surface area (Å²) in [6.45, 7) is 3.35. The molecule has 7 heteroatoms. The molecule has 2 amide bonds. The molecule has 1 aromatic heterocycles. The summed E-state index contributed by atoms with van der Waals surface area (Å²) in [5.41, 5.74) is 2.85. The summed E-state index contributed by atoms with van der Waals surface area (Å²) in [6, 6.07) is 9.29. The Kier molecular flexibility index (Phi) is 7.35. The highest BCUT2D eigenvalue weighted by atomic mass is 32.1. The van der Waals surface area contributed by atoms with Crippen molar-refractivity contribution in [2.75, 3.05) is 18.5 Å². The minimum atomic E-state index is -0.662. The summed E-state index contributed by atoms with van der Waals surface area (Å²) in [6.07, 6.45) is 1.58. The van der Waals surface area contributed by atoms with Gasteiger partial charge >= 0.3 is 5.97 Å². The standard InChI is InChI=1S/C19H22N2O4S/c1-3-13-7-5-8-14(4-2)18(13)21-16(22)12-25-17(23)11-20-19(24)15-9-6-10-26-15/h5-10H,3-4,11-12H2,1-2H3,(H,20,24)(H,21,22). The van der Waals surface area contributed by atoms with E-state index in [4.69, 9.17) is 4.74 Å². The zero-order valence-corrected chi connectivity index (χ0v) is 15.7. The maximum atomic E-state index is 12.1. The first-order valence-corrected chi connectivity index (χ1v) is 9.31. The maximum absolute atomic E-state index is 12.1. The molecule has 26 heavy (non-hydrogen) atoms. The number of anilines is 1. The quantitative estimate of drug-likeness (QED) is 0.696. The Hall–Kier alpha value is -2.67. The van der Waals surface area contributed by atoms with Crippen molar-refractivity contribution in [3.63, 3.8) is 0 Å². The molecule has 0 aliphatic rings. The SMILES string of the molecule is CCc1cccc(CC)c1NC(=O)COC(=O)CNC(=O)c1cccs1. The van der Waals surface area contributed by atoms with Crippen LogP contribution < -0.4 is 10.6 Å². The number of nitrogens with one attached hydrogen (secondary N) is 2. The van der Waals surface area contributed by atoms with E-state index in [1.165, 1.54) is 11.3 Å². The molecule has 1 aromatic carbocycles. The summed E-state index contributed by atoms with van der Waals surface area (Å²) in [5.74, 6) is -1.41. The molecule has 2 aromatic rings. The molecule has 0 spiro atoms. The number of carbonyl (C=O) groups is 3. The molecule has 0 unspecified atom stereocenters. The Morgan fingerprint density at radius 2 is 1.73 bits per heavy atom. The van der Waals surface area contributed by atoms with E-state index in [0.29, 0.717) is 4.88 Å². The van der Waals surface area contributed by atoms with Gasteiger partial charge in [-0.3, -0.25) is 14.4 Å². The lowest BCUT2D eigenvalue weighted by atomic mass is 10.0. The average molecular weight is 374 g/mol. The van der Waals surface area contributed by atoms with E-state index in [-0.39, 0.29) is 12.5 Å². The third kappa shape index (κ3) is 5.42. The van der Waals surface area contributed by atoms with Crippen LogP contribution in [-0.2, 0) is 27.2 Å². The molecule has 0 atom stereocenters. The topological polar surface area (TPSA) is 84.5 Å². The first-order valence-electron chi connectivity index (χ1n) is 8.43. The summed E-state index contributed by atoms with van der Waals surface area (Å²) in [5, 5.41) is 7.06. The van der Waals surface area contributed by atoms with Gasteiger partial charge in [0.05, 0.1) is 4.88 Å². The Bertz CT molecular complexity index is 750. The molecular formula is C19H22N2O4S. The third-order valence-electron chi connectivity index (χ3n) is 3.77. The van der Waals surface area contributed by atoms with Crippen LogP contribution in [0.5, 0.6) is 0 Å². The maximum Gasteiger partial charge on any atom is 0.325 e. The van der Waals surface area contributed by atoms with E-state index in [9.17, 15) is 14.4 Å². The summed E-state index contributed by atoms with van der Waals surface area (Å²) in [4.78, 5) is 36.1. The van der Waals surface area contributed by atoms with E-state index in [2.05, 4.69) is 10.6 Å². The molecule has 0 bridgehead atoms. The number of ether oxygens (including phenoxy) is 1. The van der Waals surface area contributed by atoms with Gasteiger partial charge in [0, 0.05) is 5.69 Å². The van der Waals surface area contributed by atoms with Crippen molar-refractivity contribution in [2.24, 2.45) is 0 Å². The second-order valence-electron chi connectivity index (χ2n) is 5.53. The highest BCUT2D eigenvalue weighted by Gasteiger charge is 2.13. The highest BCUT2D eigenvalue weighted by molar-refractivity contribution is 7.12. The van der Waals surface area contributed by atoms with E-state index in [1.807, 2.05) is 32.0 Å².